The van der Waals surface area contributed by atoms with Gasteiger partial charge in [0.1, 0.15) is 5.82 Å². The molecule has 2 aromatic heterocycles. The quantitative estimate of drug-likeness (QED) is 0.811. The van der Waals surface area contributed by atoms with Gasteiger partial charge in [0.05, 0.1) is 56.5 Å². The number of fused-ring (bicyclic) bond motifs is 1. The predicted molar refractivity (Wildman–Crippen MR) is 98.9 cm³/mol. The number of anilines is 1. The molecule has 27 heavy (non-hydrogen) atoms. The second-order valence-corrected chi connectivity index (χ2v) is 6.88. The van der Waals surface area contributed by atoms with Gasteiger partial charge in [-0.1, -0.05) is 0 Å². The molecular formula is C18H25N7O2. The molecule has 1 amide bonds. The zero-order chi connectivity index (χ0) is 18.6. The van der Waals surface area contributed by atoms with Gasteiger partial charge in [0.2, 0.25) is 5.91 Å². The molecule has 0 bridgehead atoms. The summed E-state index contributed by atoms with van der Waals surface area (Å²) in [5, 5.41) is 7.85. The third-order valence-corrected chi connectivity index (χ3v) is 5.12. The summed E-state index contributed by atoms with van der Waals surface area (Å²) in [6.07, 6.45) is 4.98. The zero-order valence-corrected chi connectivity index (χ0v) is 15.5. The lowest BCUT2D eigenvalue weighted by Crippen LogP contribution is -2.52. The topological polar surface area (TPSA) is 88.4 Å². The normalized spacial score (nSPS) is 18.8. The summed E-state index contributed by atoms with van der Waals surface area (Å²) >= 11 is 0. The van der Waals surface area contributed by atoms with Crippen molar-refractivity contribution in [3.63, 3.8) is 0 Å². The molecule has 0 aliphatic carbocycles. The van der Waals surface area contributed by atoms with E-state index in [2.05, 4.69) is 31.3 Å². The van der Waals surface area contributed by atoms with Crippen molar-refractivity contribution >= 4 is 11.7 Å². The summed E-state index contributed by atoms with van der Waals surface area (Å²) in [4.78, 5) is 25.3. The van der Waals surface area contributed by atoms with E-state index in [0.717, 1.165) is 36.8 Å². The molecule has 2 aliphatic rings. The van der Waals surface area contributed by atoms with E-state index in [9.17, 15) is 4.79 Å². The first-order valence-corrected chi connectivity index (χ1v) is 9.37. The van der Waals surface area contributed by atoms with Gasteiger partial charge in [0, 0.05) is 32.0 Å². The Morgan fingerprint density at radius 1 is 1.26 bits per heavy atom. The Bertz CT molecular complexity index is 773. The maximum absolute atomic E-state index is 12.9. The second-order valence-electron chi connectivity index (χ2n) is 6.88. The van der Waals surface area contributed by atoms with Crippen LogP contribution in [0.3, 0.4) is 0 Å². The average Bonchev–Trinajstić information content (AvgIpc) is 3.14. The molecule has 9 heteroatoms. The summed E-state index contributed by atoms with van der Waals surface area (Å²) in [6.45, 7) is 7.63. The molecule has 1 saturated heterocycles. The molecule has 2 aliphatic heterocycles. The van der Waals surface area contributed by atoms with E-state index in [4.69, 9.17) is 4.74 Å². The van der Waals surface area contributed by atoms with Gasteiger partial charge in [-0.15, -0.1) is 0 Å². The van der Waals surface area contributed by atoms with Gasteiger partial charge >= 0.3 is 0 Å². The summed E-state index contributed by atoms with van der Waals surface area (Å²) in [5.74, 6) is 0.906. The number of hydrogen-bond acceptors (Lipinski definition) is 7. The monoisotopic (exact) mass is 371 g/mol. The van der Waals surface area contributed by atoms with E-state index in [-0.39, 0.29) is 11.9 Å². The molecule has 0 spiro atoms. The molecule has 1 N–H and O–H groups in total. The first kappa shape index (κ1) is 17.9. The summed E-state index contributed by atoms with van der Waals surface area (Å²) in [7, 11) is 0. The van der Waals surface area contributed by atoms with Gasteiger partial charge in [0.25, 0.3) is 0 Å². The van der Waals surface area contributed by atoms with Crippen molar-refractivity contribution in [3.05, 3.63) is 36.0 Å². The van der Waals surface area contributed by atoms with E-state index >= 15 is 0 Å². The highest BCUT2D eigenvalue weighted by Gasteiger charge is 2.29. The summed E-state index contributed by atoms with van der Waals surface area (Å²) < 4.78 is 7.38. The van der Waals surface area contributed by atoms with Crippen LogP contribution >= 0.6 is 0 Å². The molecule has 1 fully saturated rings. The molecular weight excluding hydrogens is 346 g/mol. The van der Waals surface area contributed by atoms with E-state index < -0.39 is 0 Å². The number of ether oxygens (including phenoxy) is 1. The Morgan fingerprint density at radius 2 is 2.11 bits per heavy atom. The van der Waals surface area contributed by atoms with Crippen LogP contribution in [0, 0.1) is 0 Å². The van der Waals surface area contributed by atoms with Crippen LogP contribution in [-0.4, -0.2) is 74.3 Å². The number of carbonyl (C=O) groups excluding carboxylic acids is 1. The van der Waals surface area contributed by atoms with Crippen molar-refractivity contribution in [2.45, 2.75) is 32.6 Å². The summed E-state index contributed by atoms with van der Waals surface area (Å²) in [5.41, 5.74) is 2.01. The smallest absolute Gasteiger partial charge is 0.240 e. The predicted octanol–water partition coefficient (Wildman–Crippen LogP) is 0.348. The number of amides is 1. The molecule has 0 saturated carbocycles. The lowest BCUT2D eigenvalue weighted by Gasteiger charge is -2.36. The van der Waals surface area contributed by atoms with Crippen LogP contribution in [0.2, 0.25) is 0 Å². The van der Waals surface area contributed by atoms with Gasteiger partial charge in [0.15, 0.2) is 0 Å². The van der Waals surface area contributed by atoms with Crippen molar-refractivity contribution in [2.75, 3.05) is 38.2 Å². The first-order valence-electron chi connectivity index (χ1n) is 9.37. The van der Waals surface area contributed by atoms with Crippen LogP contribution in [0.15, 0.2) is 24.7 Å². The van der Waals surface area contributed by atoms with Crippen LogP contribution in [0.1, 0.15) is 18.3 Å². The van der Waals surface area contributed by atoms with E-state index in [0.29, 0.717) is 32.8 Å². The highest BCUT2D eigenvalue weighted by atomic mass is 16.5. The molecule has 9 nitrogen and oxygen atoms in total. The maximum Gasteiger partial charge on any atom is 0.240 e. The van der Waals surface area contributed by atoms with Crippen LogP contribution < -0.4 is 5.32 Å². The fourth-order valence-corrected chi connectivity index (χ4v) is 3.56. The van der Waals surface area contributed by atoms with Gasteiger partial charge in [-0.3, -0.25) is 19.4 Å². The van der Waals surface area contributed by atoms with Gasteiger partial charge in [-0.05, 0) is 13.0 Å². The van der Waals surface area contributed by atoms with Crippen molar-refractivity contribution in [2.24, 2.45) is 0 Å². The highest BCUT2D eigenvalue weighted by molar-refractivity contribution is 5.81. The van der Waals surface area contributed by atoms with E-state index in [1.165, 1.54) is 0 Å². The Balaban J connectivity index is 1.36. The standard InChI is InChI=1S/C18H25N7O2/c1-14(23-6-8-27-9-7-23)18(26)24-4-5-25-16(13-24)10-15(22-25)11-21-17-12-19-2-3-20-17/h2-3,10,12,14H,4-9,11,13H2,1H3,(H,20,21)/t14-/m0/s1. The van der Waals surface area contributed by atoms with Crippen LogP contribution in [0.25, 0.3) is 0 Å². The van der Waals surface area contributed by atoms with Crippen molar-refractivity contribution in [1.82, 2.24) is 29.5 Å². The molecule has 0 aromatic carbocycles. The number of nitrogens with zero attached hydrogens (tertiary/aromatic N) is 6. The Labute approximate surface area is 158 Å². The average molecular weight is 371 g/mol. The summed E-state index contributed by atoms with van der Waals surface area (Å²) in [6, 6.07) is 1.95. The van der Waals surface area contributed by atoms with E-state index in [1.54, 1.807) is 18.6 Å². The third-order valence-electron chi connectivity index (χ3n) is 5.12. The van der Waals surface area contributed by atoms with Crippen LogP contribution in [0.4, 0.5) is 5.82 Å². The maximum atomic E-state index is 12.9. The lowest BCUT2D eigenvalue weighted by molar-refractivity contribution is -0.139. The van der Waals surface area contributed by atoms with Gasteiger partial charge < -0.3 is 15.0 Å². The Morgan fingerprint density at radius 3 is 2.89 bits per heavy atom. The minimum absolute atomic E-state index is 0.110. The number of morpholine rings is 1. The van der Waals surface area contributed by atoms with Crippen LogP contribution in [-0.2, 0) is 29.2 Å². The Hall–Kier alpha value is -2.52. The molecule has 4 rings (SSSR count). The second kappa shape index (κ2) is 8.01. The lowest BCUT2D eigenvalue weighted by atomic mass is 10.2. The number of hydrogen-bond donors (Lipinski definition) is 1. The van der Waals surface area contributed by atoms with Crippen molar-refractivity contribution in [3.8, 4) is 0 Å². The Kier molecular flexibility index (Phi) is 5.30. The van der Waals surface area contributed by atoms with Gasteiger partial charge in [-0.25, -0.2) is 4.98 Å². The molecule has 144 valence electrons. The molecule has 0 unspecified atom stereocenters. The van der Waals surface area contributed by atoms with Crippen LogP contribution in [0.5, 0.6) is 0 Å². The number of aromatic nitrogens is 4. The largest absolute Gasteiger partial charge is 0.379 e. The first-order chi connectivity index (χ1) is 13.2. The van der Waals surface area contributed by atoms with Crippen molar-refractivity contribution < 1.29 is 9.53 Å². The molecule has 1 atom stereocenters. The zero-order valence-electron chi connectivity index (χ0n) is 15.5. The molecule has 0 radical (unpaired) electrons. The minimum atomic E-state index is -0.110. The minimum Gasteiger partial charge on any atom is -0.379 e. The number of carbonyl (C=O) groups is 1. The fourth-order valence-electron chi connectivity index (χ4n) is 3.56. The highest BCUT2D eigenvalue weighted by Crippen LogP contribution is 2.17. The number of rotatable bonds is 5. The van der Waals surface area contributed by atoms with Gasteiger partial charge in [-0.2, -0.15) is 5.10 Å². The van der Waals surface area contributed by atoms with E-state index in [1.807, 2.05) is 16.5 Å². The molecule has 4 heterocycles. The SMILES string of the molecule is C[C@@H](C(=O)N1CCn2nc(CNc3cnccn3)cc2C1)N1CCOCC1. The fraction of sp³-hybridized carbons (Fsp3) is 0.556. The number of nitrogens with one attached hydrogen (secondary N) is 1. The van der Waals surface area contributed by atoms with Crippen molar-refractivity contribution in [1.29, 1.82) is 0 Å². The molecule has 2 aromatic rings. The third kappa shape index (κ3) is 4.09.